The number of carbonyl (C=O) groups is 1. The smallest absolute Gasteiger partial charge is 0.293 e. The number of amides is 1. The number of piperidine rings is 1. The molecule has 2 aromatic carbocycles. The second kappa shape index (κ2) is 10.0. The Labute approximate surface area is 203 Å². The van der Waals surface area contributed by atoms with Crippen molar-refractivity contribution in [3.63, 3.8) is 0 Å². The van der Waals surface area contributed by atoms with Crippen molar-refractivity contribution in [3.8, 4) is 22.8 Å². The zero-order chi connectivity index (χ0) is 24.2. The third-order valence-corrected chi connectivity index (χ3v) is 6.28. The Bertz CT molecular complexity index is 1290. The lowest BCUT2D eigenvalue weighted by molar-refractivity contribution is 0.0528. The Balaban J connectivity index is 1.34. The summed E-state index contributed by atoms with van der Waals surface area (Å²) >= 11 is 0. The van der Waals surface area contributed by atoms with E-state index in [9.17, 15) is 4.79 Å². The first-order chi connectivity index (χ1) is 17.2. The summed E-state index contributed by atoms with van der Waals surface area (Å²) in [6, 6.07) is 16.7. The number of para-hydroxylation sites is 1. The summed E-state index contributed by atoms with van der Waals surface area (Å²) in [5.74, 6) is 2.80. The van der Waals surface area contributed by atoms with Crippen LogP contribution in [-0.2, 0) is 6.42 Å². The molecule has 0 aliphatic carbocycles. The maximum atomic E-state index is 13.4. The van der Waals surface area contributed by atoms with E-state index in [0.29, 0.717) is 24.6 Å². The van der Waals surface area contributed by atoms with Crippen LogP contribution in [0.3, 0.4) is 0 Å². The van der Waals surface area contributed by atoms with E-state index in [0.717, 1.165) is 47.6 Å². The number of ether oxygens (including phenoxy) is 2. The number of hydrogen-bond acceptors (Lipinski definition) is 7. The molecule has 1 aliphatic rings. The molecule has 1 fully saturated rings. The highest BCUT2D eigenvalue weighted by Crippen LogP contribution is 2.33. The summed E-state index contributed by atoms with van der Waals surface area (Å²) in [4.78, 5) is 19.7. The molecule has 180 valence electrons. The summed E-state index contributed by atoms with van der Waals surface area (Å²) in [6.07, 6.45) is 4.97. The molecule has 0 saturated carbocycles. The molecule has 0 spiro atoms. The molecule has 8 heteroatoms. The molecule has 1 amide bonds. The zero-order valence-corrected chi connectivity index (χ0v) is 19.8. The van der Waals surface area contributed by atoms with E-state index in [1.807, 2.05) is 48.5 Å². The van der Waals surface area contributed by atoms with Crippen LogP contribution in [-0.4, -0.2) is 41.7 Å². The Hall–Kier alpha value is -4.07. The van der Waals surface area contributed by atoms with E-state index in [1.54, 1.807) is 31.4 Å². The van der Waals surface area contributed by atoms with E-state index in [-0.39, 0.29) is 17.7 Å². The van der Waals surface area contributed by atoms with Gasteiger partial charge in [-0.3, -0.25) is 4.79 Å². The second-order valence-electron chi connectivity index (χ2n) is 8.47. The number of likely N-dealkylation sites (tertiary alicyclic amines) is 1. The molecule has 1 atom stereocenters. The van der Waals surface area contributed by atoms with Crippen molar-refractivity contribution in [2.75, 3.05) is 20.8 Å². The van der Waals surface area contributed by atoms with Gasteiger partial charge in [0.15, 0.2) is 0 Å². The van der Waals surface area contributed by atoms with Crippen LogP contribution in [0.25, 0.3) is 11.3 Å². The highest BCUT2D eigenvalue weighted by Gasteiger charge is 2.34. The van der Waals surface area contributed by atoms with E-state index in [4.69, 9.17) is 18.4 Å². The molecule has 4 aromatic rings. The van der Waals surface area contributed by atoms with Crippen molar-refractivity contribution in [1.29, 1.82) is 0 Å². The van der Waals surface area contributed by atoms with Crippen LogP contribution < -0.4 is 9.47 Å². The van der Waals surface area contributed by atoms with Crippen LogP contribution in [0.15, 0.2) is 69.7 Å². The number of hydrogen-bond donors (Lipinski definition) is 0. The van der Waals surface area contributed by atoms with Crippen molar-refractivity contribution in [3.05, 3.63) is 83.8 Å². The normalized spacial score (nSPS) is 15.7. The number of carbonyl (C=O) groups excluding carboxylic acids is 1. The molecule has 0 bridgehead atoms. The van der Waals surface area contributed by atoms with E-state index < -0.39 is 0 Å². The van der Waals surface area contributed by atoms with Gasteiger partial charge in [0.2, 0.25) is 11.7 Å². The van der Waals surface area contributed by atoms with E-state index in [1.165, 1.54) is 0 Å². The molecule has 0 radical (unpaired) electrons. The Kier molecular flexibility index (Phi) is 6.52. The monoisotopic (exact) mass is 473 g/mol. The van der Waals surface area contributed by atoms with Crippen LogP contribution in [0.2, 0.25) is 0 Å². The topological polar surface area (TPSA) is 90.8 Å². The van der Waals surface area contributed by atoms with Gasteiger partial charge in [-0.15, -0.1) is 0 Å². The molecular formula is C27H27N3O5. The first-order valence-corrected chi connectivity index (χ1v) is 11.6. The van der Waals surface area contributed by atoms with Crippen LogP contribution in [0, 0.1) is 0 Å². The first-order valence-electron chi connectivity index (χ1n) is 11.6. The summed E-state index contributed by atoms with van der Waals surface area (Å²) in [7, 11) is 3.27. The van der Waals surface area contributed by atoms with Gasteiger partial charge in [0.25, 0.3) is 5.91 Å². The van der Waals surface area contributed by atoms with Gasteiger partial charge in [-0.05, 0) is 49.6 Å². The molecule has 0 N–H and O–H groups in total. The largest absolute Gasteiger partial charge is 0.497 e. The van der Waals surface area contributed by atoms with Crippen molar-refractivity contribution < 1.29 is 23.2 Å². The number of rotatable bonds is 7. The Morgan fingerprint density at radius 3 is 2.71 bits per heavy atom. The molecule has 35 heavy (non-hydrogen) atoms. The molecule has 5 rings (SSSR count). The Morgan fingerprint density at radius 1 is 1.09 bits per heavy atom. The average molecular weight is 474 g/mol. The fourth-order valence-electron chi connectivity index (χ4n) is 4.44. The average Bonchev–Trinajstić information content (AvgIpc) is 3.59. The van der Waals surface area contributed by atoms with Crippen LogP contribution >= 0.6 is 0 Å². The van der Waals surface area contributed by atoms with Crippen molar-refractivity contribution >= 4 is 5.91 Å². The van der Waals surface area contributed by atoms with Gasteiger partial charge in [-0.2, -0.15) is 0 Å². The molecule has 1 aliphatic heterocycles. The lowest BCUT2D eigenvalue weighted by Crippen LogP contribution is -2.38. The van der Waals surface area contributed by atoms with Gasteiger partial charge in [0.1, 0.15) is 29.0 Å². The first kappa shape index (κ1) is 22.7. The highest BCUT2D eigenvalue weighted by molar-refractivity contribution is 5.92. The van der Waals surface area contributed by atoms with Gasteiger partial charge in [0, 0.05) is 30.2 Å². The van der Waals surface area contributed by atoms with Crippen LogP contribution in [0.5, 0.6) is 11.5 Å². The van der Waals surface area contributed by atoms with E-state index >= 15 is 0 Å². The quantitative estimate of drug-likeness (QED) is 0.359. The fraction of sp³-hybridized carbons (Fsp3) is 0.296. The fourth-order valence-corrected chi connectivity index (χ4v) is 4.44. The molecule has 1 saturated heterocycles. The van der Waals surface area contributed by atoms with Gasteiger partial charge < -0.3 is 23.3 Å². The summed E-state index contributed by atoms with van der Waals surface area (Å²) in [5, 5.41) is 4.11. The predicted molar refractivity (Wildman–Crippen MR) is 128 cm³/mol. The summed E-state index contributed by atoms with van der Waals surface area (Å²) in [5.41, 5.74) is 2.46. The Morgan fingerprint density at radius 2 is 1.91 bits per heavy atom. The molecule has 8 nitrogen and oxygen atoms in total. The molecular weight excluding hydrogens is 446 g/mol. The third-order valence-electron chi connectivity index (χ3n) is 6.28. The van der Waals surface area contributed by atoms with Crippen LogP contribution in [0.4, 0.5) is 0 Å². The number of aromatic nitrogens is 2. The minimum absolute atomic E-state index is 0.198. The maximum absolute atomic E-state index is 13.4. The third kappa shape index (κ3) is 4.77. The standard InChI is InChI=1S/C27H27N3O5/c1-32-20-12-10-18(11-13-20)22-16-25(35-29-22)27(31)30-14-6-5-8-23(30)26-28-17-21(34-26)15-19-7-3-4-9-24(19)33-2/h3-4,7,9-13,16-17,23H,5-6,8,14-15H2,1-2H3/t23-/m1/s1. The number of methoxy groups -OCH3 is 2. The zero-order valence-electron chi connectivity index (χ0n) is 19.8. The minimum Gasteiger partial charge on any atom is -0.497 e. The van der Waals surface area contributed by atoms with Gasteiger partial charge >= 0.3 is 0 Å². The van der Waals surface area contributed by atoms with Crippen LogP contribution in [0.1, 0.15) is 53.1 Å². The molecule has 3 heterocycles. The van der Waals surface area contributed by atoms with Crippen molar-refractivity contribution in [1.82, 2.24) is 15.0 Å². The molecule has 2 aromatic heterocycles. The number of benzene rings is 2. The van der Waals surface area contributed by atoms with Gasteiger partial charge in [-0.1, -0.05) is 23.4 Å². The lowest BCUT2D eigenvalue weighted by Gasteiger charge is -2.32. The predicted octanol–water partition coefficient (Wildman–Crippen LogP) is 5.31. The SMILES string of the molecule is COc1ccc(-c2cc(C(=O)N3CCCC[C@@H]3c3ncc(Cc4ccccc4OC)o3)on2)cc1. The maximum Gasteiger partial charge on any atom is 0.293 e. The van der Waals surface area contributed by atoms with E-state index in [2.05, 4.69) is 10.1 Å². The van der Waals surface area contributed by atoms with Crippen molar-refractivity contribution in [2.45, 2.75) is 31.7 Å². The van der Waals surface area contributed by atoms with Gasteiger partial charge in [0.05, 0.1) is 20.4 Å². The lowest BCUT2D eigenvalue weighted by atomic mass is 10.0. The van der Waals surface area contributed by atoms with Crippen molar-refractivity contribution in [2.24, 2.45) is 0 Å². The summed E-state index contributed by atoms with van der Waals surface area (Å²) in [6.45, 7) is 0.603. The second-order valence-corrected chi connectivity index (χ2v) is 8.47. The summed E-state index contributed by atoms with van der Waals surface area (Å²) < 4.78 is 22.2. The highest BCUT2D eigenvalue weighted by atomic mass is 16.5. The number of nitrogens with zero attached hydrogens (tertiary/aromatic N) is 3. The molecule has 0 unspecified atom stereocenters. The van der Waals surface area contributed by atoms with Gasteiger partial charge in [-0.25, -0.2) is 4.98 Å². The minimum atomic E-state index is -0.253. The number of oxazole rings is 1.